The van der Waals surface area contributed by atoms with Gasteiger partial charge >= 0.3 is 0 Å². The van der Waals surface area contributed by atoms with Gasteiger partial charge in [0, 0.05) is 31.1 Å². The highest BCUT2D eigenvalue weighted by molar-refractivity contribution is 7.99. The lowest BCUT2D eigenvalue weighted by Gasteiger charge is -2.31. The third-order valence-electron chi connectivity index (χ3n) is 3.85. The van der Waals surface area contributed by atoms with E-state index >= 15 is 0 Å². The first kappa shape index (κ1) is 13.9. The van der Waals surface area contributed by atoms with E-state index in [0.29, 0.717) is 0 Å². The zero-order valence-electron chi connectivity index (χ0n) is 11.3. The second-order valence-corrected chi connectivity index (χ2v) is 6.34. The van der Waals surface area contributed by atoms with E-state index in [4.69, 9.17) is 0 Å². The van der Waals surface area contributed by atoms with Gasteiger partial charge in [-0.15, -0.1) is 0 Å². The van der Waals surface area contributed by atoms with Crippen LogP contribution in [-0.2, 0) is 4.79 Å². The van der Waals surface area contributed by atoms with Crippen LogP contribution in [0.3, 0.4) is 0 Å². The number of hydrogen-bond acceptors (Lipinski definition) is 3. The van der Waals surface area contributed by atoms with Crippen LogP contribution in [0.25, 0.3) is 0 Å². The van der Waals surface area contributed by atoms with Crippen molar-refractivity contribution >= 4 is 17.7 Å². The van der Waals surface area contributed by atoms with Gasteiger partial charge in [-0.05, 0) is 32.6 Å². The summed E-state index contributed by atoms with van der Waals surface area (Å²) in [4.78, 5) is 14.3. The number of nitrogens with zero attached hydrogens (tertiary/aromatic N) is 1. The molecule has 1 N–H and O–H groups in total. The summed E-state index contributed by atoms with van der Waals surface area (Å²) in [6.07, 6.45) is 7.12. The van der Waals surface area contributed by atoms with Gasteiger partial charge in [-0.2, -0.15) is 11.8 Å². The Bertz CT molecular complexity index is 311. The molecule has 1 heterocycles. The van der Waals surface area contributed by atoms with Gasteiger partial charge in [0.25, 0.3) is 0 Å². The Morgan fingerprint density at radius 1 is 1.50 bits per heavy atom. The maximum absolute atomic E-state index is 12.0. The molecule has 0 spiro atoms. The Balaban J connectivity index is 1.66. The molecule has 2 aliphatic rings. The molecule has 2 rings (SSSR count). The average Bonchev–Trinajstić information content (AvgIpc) is 2.92. The molecule has 0 aromatic heterocycles. The van der Waals surface area contributed by atoms with Crippen LogP contribution in [-0.4, -0.2) is 48.0 Å². The Kier molecular flexibility index (Phi) is 5.57. The zero-order chi connectivity index (χ0) is 12.8. The average molecular weight is 268 g/mol. The fourth-order valence-corrected chi connectivity index (χ4v) is 3.52. The normalized spacial score (nSPS) is 22.6. The minimum atomic E-state index is 0.0310. The van der Waals surface area contributed by atoms with E-state index in [1.165, 1.54) is 24.8 Å². The summed E-state index contributed by atoms with van der Waals surface area (Å²) in [5.74, 6) is 2.51. The van der Waals surface area contributed by atoms with Gasteiger partial charge < -0.3 is 5.32 Å². The minimum absolute atomic E-state index is 0.0310. The van der Waals surface area contributed by atoms with Crippen molar-refractivity contribution < 1.29 is 4.79 Å². The fourth-order valence-electron chi connectivity index (χ4n) is 2.59. The number of nitrogens with one attached hydrogen (secondary N) is 1. The van der Waals surface area contributed by atoms with Crippen molar-refractivity contribution in [2.24, 2.45) is 0 Å². The fraction of sp³-hybridized carbons (Fsp3) is 0.786. The molecule has 0 bridgehead atoms. The lowest BCUT2D eigenvalue weighted by Crippen LogP contribution is -2.48. The van der Waals surface area contributed by atoms with Gasteiger partial charge in [0.05, 0.1) is 6.04 Å². The molecule has 1 atom stereocenters. The van der Waals surface area contributed by atoms with Gasteiger partial charge in [-0.25, -0.2) is 0 Å². The van der Waals surface area contributed by atoms with Crippen LogP contribution in [0.1, 0.15) is 32.6 Å². The number of hydrogen-bond donors (Lipinski definition) is 1. The molecule has 0 aromatic rings. The predicted octanol–water partition coefficient (Wildman–Crippen LogP) is 2.04. The molecule has 1 fully saturated rings. The van der Waals surface area contributed by atoms with Crippen molar-refractivity contribution in [3.8, 4) is 0 Å². The Morgan fingerprint density at radius 2 is 2.28 bits per heavy atom. The van der Waals surface area contributed by atoms with E-state index in [1.54, 1.807) is 0 Å². The molecule has 0 aromatic carbocycles. The van der Waals surface area contributed by atoms with Crippen molar-refractivity contribution in [3.05, 3.63) is 11.6 Å². The van der Waals surface area contributed by atoms with Crippen LogP contribution in [0.2, 0.25) is 0 Å². The molecular weight excluding hydrogens is 244 g/mol. The highest BCUT2D eigenvalue weighted by atomic mass is 32.2. The smallest absolute Gasteiger partial charge is 0.237 e. The molecule has 1 aliphatic carbocycles. The number of thioether (sulfide) groups is 1. The summed E-state index contributed by atoms with van der Waals surface area (Å²) in [5.41, 5.74) is 1.53. The monoisotopic (exact) mass is 268 g/mol. The molecule has 0 radical (unpaired) electrons. The third kappa shape index (κ3) is 4.02. The van der Waals surface area contributed by atoms with Crippen molar-refractivity contribution in [1.29, 1.82) is 0 Å². The second-order valence-electron chi connectivity index (χ2n) is 5.12. The maximum Gasteiger partial charge on any atom is 0.237 e. The SMILES string of the molecule is C[C@@H](C(=O)NCCC1=CCCC1)N1CCSCC1. The highest BCUT2D eigenvalue weighted by Gasteiger charge is 2.22. The molecule has 18 heavy (non-hydrogen) atoms. The summed E-state index contributed by atoms with van der Waals surface area (Å²) in [7, 11) is 0. The topological polar surface area (TPSA) is 32.3 Å². The maximum atomic E-state index is 12.0. The van der Waals surface area contributed by atoms with Gasteiger partial charge in [0.2, 0.25) is 5.91 Å². The van der Waals surface area contributed by atoms with Crippen LogP contribution in [0.15, 0.2) is 11.6 Å². The Labute approximate surface area is 114 Å². The van der Waals surface area contributed by atoms with Crippen molar-refractivity contribution in [3.63, 3.8) is 0 Å². The first-order chi connectivity index (χ1) is 8.77. The molecule has 3 nitrogen and oxygen atoms in total. The van der Waals surface area contributed by atoms with E-state index in [2.05, 4.69) is 16.3 Å². The first-order valence-corrected chi connectivity index (χ1v) is 8.20. The summed E-state index contributed by atoms with van der Waals surface area (Å²) in [6.45, 7) is 4.92. The van der Waals surface area contributed by atoms with Gasteiger partial charge in [0.15, 0.2) is 0 Å². The minimum Gasteiger partial charge on any atom is -0.354 e. The summed E-state index contributed by atoms with van der Waals surface area (Å²) >= 11 is 1.98. The van der Waals surface area contributed by atoms with Crippen LogP contribution in [0.4, 0.5) is 0 Å². The quantitative estimate of drug-likeness (QED) is 0.775. The van der Waals surface area contributed by atoms with E-state index in [-0.39, 0.29) is 11.9 Å². The van der Waals surface area contributed by atoms with E-state index in [9.17, 15) is 4.79 Å². The molecular formula is C14H24N2OS. The Hall–Kier alpha value is -0.480. The number of rotatable bonds is 5. The number of carbonyl (C=O) groups is 1. The largest absolute Gasteiger partial charge is 0.354 e. The predicted molar refractivity (Wildman–Crippen MR) is 77.9 cm³/mol. The van der Waals surface area contributed by atoms with Crippen molar-refractivity contribution in [2.45, 2.75) is 38.6 Å². The molecule has 1 aliphatic heterocycles. The molecule has 0 unspecified atom stereocenters. The third-order valence-corrected chi connectivity index (χ3v) is 4.80. The molecule has 0 saturated carbocycles. The van der Waals surface area contributed by atoms with E-state index in [0.717, 1.165) is 37.6 Å². The van der Waals surface area contributed by atoms with Crippen LogP contribution < -0.4 is 5.32 Å². The van der Waals surface area contributed by atoms with E-state index < -0.39 is 0 Å². The summed E-state index contributed by atoms with van der Waals surface area (Å²) in [6, 6.07) is 0.0310. The highest BCUT2D eigenvalue weighted by Crippen LogP contribution is 2.19. The van der Waals surface area contributed by atoms with Crippen molar-refractivity contribution in [2.75, 3.05) is 31.1 Å². The number of amides is 1. The van der Waals surface area contributed by atoms with Crippen molar-refractivity contribution in [1.82, 2.24) is 10.2 Å². The summed E-state index contributed by atoms with van der Waals surface area (Å²) < 4.78 is 0. The molecule has 1 saturated heterocycles. The van der Waals surface area contributed by atoms with Gasteiger partial charge in [-0.1, -0.05) is 11.6 Å². The van der Waals surface area contributed by atoms with Crippen LogP contribution in [0, 0.1) is 0 Å². The van der Waals surface area contributed by atoms with Gasteiger partial charge in [-0.3, -0.25) is 9.69 Å². The Morgan fingerprint density at radius 3 is 2.94 bits per heavy atom. The van der Waals surface area contributed by atoms with Gasteiger partial charge in [0.1, 0.15) is 0 Å². The molecule has 4 heteroatoms. The van der Waals surface area contributed by atoms with Crippen LogP contribution >= 0.6 is 11.8 Å². The summed E-state index contributed by atoms with van der Waals surface area (Å²) in [5, 5.41) is 3.08. The molecule has 1 amide bonds. The molecule has 102 valence electrons. The number of carbonyl (C=O) groups excluding carboxylic acids is 1. The zero-order valence-corrected chi connectivity index (χ0v) is 12.1. The standard InChI is InChI=1S/C14H24N2OS/c1-12(16-8-10-18-11-9-16)14(17)15-7-6-13-4-2-3-5-13/h4,12H,2-3,5-11H2,1H3,(H,15,17)/t12-/m0/s1. The van der Waals surface area contributed by atoms with E-state index in [1.807, 2.05) is 18.7 Å². The first-order valence-electron chi connectivity index (χ1n) is 7.05. The lowest BCUT2D eigenvalue weighted by atomic mass is 10.1. The van der Waals surface area contributed by atoms with Crippen LogP contribution in [0.5, 0.6) is 0 Å². The second kappa shape index (κ2) is 7.19. The number of allylic oxidation sites excluding steroid dienone is 1. The lowest BCUT2D eigenvalue weighted by molar-refractivity contribution is -0.125.